The molecule has 0 N–H and O–H groups in total. The standard InChI is InChI=1S/C22H25N3O/c1-15-18-6-3-4-7-19(18)26-20(15)13-25-11-5-9-22(14-25)10-8-17-12-23-16(2)24-21(17)22/h3-4,6-7,12H,5,8-11,13-14H2,1-2H3. The number of furan rings is 1. The van der Waals surface area contributed by atoms with Gasteiger partial charge < -0.3 is 4.42 Å². The summed E-state index contributed by atoms with van der Waals surface area (Å²) < 4.78 is 6.17. The third-order valence-corrected chi connectivity index (χ3v) is 6.33. The zero-order valence-corrected chi connectivity index (χ0v) is 15.6. The largest absolute Gasteiger partial charge is 0.459 e. The van der Waals surface area contributed by atoms with Gasteiger partial charge in [0.1, 0.15) is 17.2 Å². The first kappa shape index (κ1) is 16.0. The van der Waals surface area contributed by atoms with Crippen LogP contribution in [0, 0.1) is 13.8 Å². The van der Waals surface area contributed by atoms with E-state index in [1.807, 2.05) is 13.0 Å². The number of benzene rings is 1. The normalized spacial score (nSPS) is 23.0. The summed E-state index contributed by atoms with van der Waals surface area (Å²) in [5.74, 6) is 2.01. The molecule has 1 unspecified atom stereocenters. The van der Waals surface area contributed by atoms with E-state index in [0.29, 0.717) is 0 Å². The highest BCUT2D eigenvalue weighted by Gasteiger charge is 2.43. The van der Waals surface area contributed by atoms with Crippen LogP contribution >= 0.6 is 0 Å². The first-order chi connectivity index (χ1) is 12.6. The van der Waals surface area contributed by atoms with Crippen LogP contribution in [0.1, 0.15) is 47.7 Å². The highest BCUT2D eigenvalue weighted by molar-refractivity contribution is 5.81. The molecule has 1 fully saturated rings. The molecule has 0 amide bonds. The lowest BCUT2D eigenvalue weighted by atomic mass is 9.77. The van der Waals surface area contributed by atoms with Crippen LogP contribution in [0.5, 0.6) is 0 Å². The van der Waals surface area contributed by atoms with Crippen molar-refractivity contribution in [3.8, 4) is 0 Å². The Morgan fingerprint density at radius 1 is 1.19 bits per heavy atom. The van der Waals surface area contributed by atoms with Gasteiger partial charge >= 0.3 is 0 Å². The number of rotatable bonds is 2. The summed E-state index contributed by atoms with van der Waals surface area (Å²) >= 11 is 0. The van der Waals surface area contributed by atoms with E-state index in [2.05, 4.69) is 41.2 Å². The number of aromatic nitrogens is 2. The highest BCUT2D eigenvalue weighted by atomic mass is 16.3. The molecule has 0 saturated carbocycles. The van der Waals surface area contributed by atoms with Crippen LogP contribution in [-0.2, 0) is 18.4 Å². The van der Waals surface area contributed by atoms with Gasteiger partial charge in [-0.2, -0.15) is 0 Å². The summed E-state index contributed by atoms with van der Waals surface area (Å²) in [5, 5.41) is 1.24. The van der Waals surface area contributed by atoms with E-state index in [1.165, 1.54) is 41.5 Å². The van der Waals surface area contributed by atoms with Gasteiger partial charge in [-0.05, 0) is 63.3 Å². The average Bonchev–Trinajstić information content (AvgIpc) is 3.14. The molecule has 3 aromatic rings. The van der Waals surface area contributed by atoms with Gasteiger partial charge in [0.25, 0.3) is 0 Å². The minimum absolute atomic E-state index is 0.210. The molecular formula is C22H25N3O. The SMILES string of the molecule is Cc1ncc2c(n1)C1(CCCN(Cc3oc4ccccc4c3C)C1)CC2. The Hall–Kier alpha value is -2.20. The molecule has 2 aromatic heterocycles. The summed E-state index contributed by atoms with van der Waals surface area (Å²) in [4.78, 5) is 11.8. The highest BCUT2D eigenvalue weighted by Crippen LogP contribution is 2.44. The number of hydrogen-bond donors (Lipinski definition) is 0. The predicted molar refractivity (Wildman–Crippen MR) is 102 cm³/mol. The molecule has 3 heterocycles. The van der Waals surface area contributed by atoms with E-state index < -0.39 is 0 Å². The van der Waals surface area contributed by atoms with Crippen LogP contribution in [0.15, 0.2) is 34.9 Å². The van der Waals surface area contributed by atoms with E-state index in [1.54, 1.807) is 0 Å². The molecule has 4 nitrogen and oxygen atoms in total. The van der Waals surface area contributed by atoms with Crippen LogP contribution < -0.4 is 0 Å². The second kappa shape index (κ2) is 5.92. The molecule has 1 saturated heterocycles. The molecule has 26 heavy (non-hydrogen) atoms. The molecule has 1 aliphatic heterocycles. The van der Waals surface area contributed by atoms with Crippen molar-refractivity contribution in [2.24, 2.45) is 0 Å². The van der Waals surface area contributed by atoms with Crippen LogP contribution in [0.3, 0.4) is 0 Å². The maximum absolute atomic E-state index is 6.17. The summed E-state index contributed by atoms with van der Waals surface area (Å²) in [6, 6.07) is 8.35. The van der Waals surface area contributed by atoms with Crippen LogP contribution in [0.2, 0.25) is 0 Å². The number of para-hydroxylation sites is 1. The lowest BCUT2D eigenvalue weighted by molar-refractivity contribution is 0.129. The number of aryl methyl sites for hydroxylation is 3. The fourth-order valence-electron chi connectivity index (χ4n) is 4.97. The van der Waals surface area contributed by atoms with Crippen LogP contribution in [0.25, 0.3) is 11.0 Å². The number of hydrogen-bond acceptors (Lipinski definition) is 4. The van der Waals surface area contributed by atoms with Crippen molar-refractivity contribution in [3.05, 3.63) is 58.9 Å². The first-order valence-electron chi connectivity index (χ1n) is 9.67. The van der Waals surface area contributed by atoms with Crippen LogP contribution in [-0.4, -0.2) is 28.0 Å². The van der Waals surface area contributed by atoms with E-state index in [0.717, 1.165) is 43.2 Å². The molecule has 1 aromatic carbocycles. The van der Waals surface area contributed by atoms with Gasteiger partial charge in [-0.15, -0.1) is 0 Å². The monoisotopic (exact) mass is 347 g/mol. The number of piperidine rings is 1. The van der Waals surface area contributed by atoms with Gasteiger partial charge in [-0.1, -0.05) is 18.2 Å². The molecule has 1 spiro atoms. The van der Waals surface area contributed by atoms with Gasteiger partial charge in [0.2, 0.25) is 0 Å². The van der Waals surface area contributed by atoms with Crippen molar-refractivity contribution in [2.45, 2.75) is 51.5 Å². The van der Waals surface area contributed by atoms with Gasteiger partial charge in [0, 0.05) is 23.5 Å². The lowest BCUT2D eigenvalue weighted by Crippen LogP contribution is -2.45. The van der Waals surface area contributed by atoms with E-state index in [4.69, 9.17) is 9.40 Å². The van der Waals surface area contributed by atoms with Gasteiger partial charge in [0.15, 0.2) is 0 Å². The molecule has 2 aliphatic rings. The zero-order valence-electron chi connectivity index (χ0n) is 15.6. The second-order valence-corrected chi connectivity index (χ2v) is 8.03. The summed E-state index contributed by atoms with van der Waals surface area (Å²) in [7, 11) is 0. The maximum Gasteiger partial charge on any atom is 0.134 e. The number of fused-ring (bicyclic) bond motifs is 3. The van der Waals surface area contributed by atoms with E-state index in [-0.39, 0.29) is 5.41 Å². The van der Waals surface area contributed by atoms with Crippen molar-refractivity contribution < 1.29 is 4.42 Å². The van der Waals surface area contributed by atoms with Crippen molar-refractivity contribution in [3.63, 3.8) is 0 Å². The smallest absolute Gasteiger partial charge is 0.134 e. The number of nitrogens with zero attached hydrogens (tertiary/aromatic N) is 3. The Labute approximate surface area is 154 Å². The molecular weight excluding hydrogens is 322 g/mol. The molecule has 1 atom stereocenters. The molecule has 4 heteroatoms. The Kier molecular flexibility index (Phi) is 3.64. The second-order valence-electron chi connectivity index (χ2n) is 8.03. The Bertz CT molecular complexity index is 973. The summed E-state index contributed by atoms with van der Waals surface area (Å²) in [6.07, 6.45) is 6.84. The van der Waals surface area contributed by atoms with Crippen molar-refractivity contribution in [1.29, 1.82) is 0 Å². The van der Waals surface area contributed by atoms with Crippen LogP contribution in [0.4, 0.5) is 0 Å². The third-order valence-electron chi connectivity index (χ3n) is 6.33. The molecule has 1 aliphatic carbocycles. The first-order valence-corrected chi connectivity index (χ1v) is 9.67. The van der Waals surface area contributed by atoms with Gasteiger partial charge in [-0.3, -0.25) is 4.90 Å². The molecule has 0 bridgehead atoms. The average molecular weight is 347 g/mol. The summed E-state index contributed by atoms with van der Waals surface area (Å²) in [5.41, 5.74) is 5.17. The maximum atomic E-state index is 6.17. The summed E-state index contributed by atoms with van der Waals surface area (Å²) in [6.45, 7) is 7.29. The minimum Gasteiger partial charge on any atom is -0.459 e. The third kappa shape index (κ3) is 2.47. The van der Waals surface area contributed by atoms with Crippen molar-refractivity contribution in [1.82, 2.24) is 14.9 Å². The van der Waals surface area contributed by atoms with E-state index in [9.17, 15) is 0 Å². The molecule has 5 rings (SSSR count). The van der Waals surface area contributed by atoms with Gasteiger partial charge in [0.05, 0.1) is 12.2 Å². The van der Waals surface area contributed by atoms with Crippen molar-refractivity contribution in [2.75, 3.05) is 13.1 Å². The Morgan fingerprint density at radius 3 is 2.96 bits per heavy atom. The molecule has 134 valence electrons. The quantitative estimate of drug-likeness (QED) is 0.692. The number of likely N-dealkylation sites (tertiary alicyclic amines) is 1. The van der Waals surface area contributed by atoms with Gasteiger partial charge in [-0.25, -0.2) is 9.97 Å². The minimum atomic E-state index is 0.210. The fraction of sp³-hybridized carbons (Fsp3) is 0.455. The Morgan fingerprint density at radius 2 is 2.08 bits per heavy atom. The zero-order chi connectivity index (χ0) is 17.7. The van der Waals surface area contributed by atoms with Crippen molar-refractivity contribution >= 4 is 11.0 Å². The fourth-order valence-corrected chi connectivity index (χ4v) is 4.97. The predicted octanol–water partition coefficient (Wildman–Crippen LogP) is 4.32. The Balaban J connectivity index is 1.43. The topological polar surface area (TPSA) is 42.2 Å². The molecule has 0 radical (unpaired) electrons. The lowest BCUT2D eigenvalue weighted by Gasteiger charge is -2.40. The van der Waals surface area contributed by atoms with E-state index >= 15 is 0 Å².